The predicted octanol–water partition coefficient (Wildman–Crippen LogP) is 6.22. The monoisotopic (exact) mass is 673 g/mol. The summed E-state index contributed by atoms with van der Waals surface area (Å²) in [5.41, 5.74) is 0.879. The number of nitrogens with one attached hydrogen (secondary N) is 1. The largest absolute Gasteiger partial charge is 0.486 e. The molecule has 9 nitrogen and oxygen atoms in total. The van der Waals surface area contributed by atoms with Gasteiger partial charge in [-0.25, -0.2) is 8.42 Å². The molecule has 3 aromatic rings. The summed E-state index contributed by atoms with van der Waals surface area (Å²) in [7, 11) is -4.22. The molecule has 0 radical (unpaired) electrons. The maximum absolute atomic E-state index is 14.4. The standard InChI is InChI=1S/C33H37Cl2N3O6S/c1-2-29(33(40)36-24-9-5-3-6-10-24)37(21-23-13-15-27(34)28(35)19-23)32(39)22-38(45(41,42)26-11-7-4-8-12-26)25-14-16-30-31(20-25)44-18-17-43-30/h4,7-8,11-16,19-20,24,29H,2-3,5-6,9-10,17-18,21-22H2,1H3,(H,36,40)/t29-/m0/s1. The van der Waals surface area contributed by atoms with Crippen molar-refractivity contribution in [3.63, 3.8) is 0 Å². The number of halogens is 2. The van der Waals surface area contributed by atoms with Crippen molar-refractivity contribution in [2.75, 3.05) is 24.1 Å². The zero-order valence-corrected chi connectivity index (χ0v) is 27.4. The van der Waals surface area contributed by atoms with Crippen LogP contribution >= 0.6 is 23.2 Å². The quantitative estimate of drug-likeness (QED) is 0.259. The van der Waals surface area contributed by atoms with Crippen LogP contribution in [0.5, 0.6) is 11.5 Å². The van der Waals surface area contributed by atoms with Gasteiger partial charge < -0.3 is 19.7 Å². The van der Waals surface area contributed by atoms with Crippen LogP contribution < -0.4 is 19.1 Å². The highest BCUT2D eigenvalue weighted by molar-refractivity contribution is 7.92. The SMILES string of the molecule is CC[C@@H](C(=O)NC1CCCCC1)N(Cc1ccc(Cl)c(Cl)c1)C(=O)CN(c1ccc2c(c1)OCCO2)S(=O)(=O)c1ccccc1. The van der Waals surface area contributed by atoms with Gasteiger partial charge in [0.1, 0.15) is 25.8 Å². The van der Waals surface area contributed by atoms with Crippen LogP contribution in [0.3, 0.4) is 0 Å². The fourth-order valence-corrected chi connectivity index (χ4v) is 7.48. The highest BCUT2D eigenvalue weighted by Crippen LogP contribution is 2.36. The maximum atomic E-state index is 14.4. The topological polar surface area (TPSA) is 105 Å². The van der Waals surface area contributed by atoms with E-state index in [2.05, 4.69) is 5.32 Å². The van der Waals surface area contributed by atoms with Crippen LogP contribution in [-0.2, 0) is 26.2 Å². The minimum Gasteiger partial charge on any atom is -0.486 e. The van der Waals surface area contributed by atoms with E-state index in [1.54, 1.807) is 54.6 Å². The number of ether oxygens (including phenoxy) is 2. The van der Waals surface area contributed by atoms with Crippen LogP contribution in [0.4, 0.5) is 5.69 Å². The Hall–Kier alpha value is -3.47. The van der Waals surface area contributed by atoms with Crippen molar-refractivity contribution >= 4 is 50.7 Å². The summed E-state index contributed by atoms with van der Waals surface area (Å²) in [5.74, 6) is 0.0428. The number of fused-ring (bicyclic) bond motifs is 1. The molecule has 1 N–H and O–H groups in total. The molecular weight excluding hydrogens is 637 g/mol. The number of anilines is 1. The van der Waals surface area contributed by atoms with Crippen molar-refractivity contribution in [1.82, 2.24) is 10.2 Å². The fraction of sp³-hybridized carbons (Fsp3) is 0.394. The molecule has 45 heavy (non-hydrogen) atoms. The van der Waals surface area contributed by atoms with Gasteiger partial charge in [0.2, 0.25) is 11.8 Å². The van der Waals surface area contributed by atoms with Gasteiger partial charge in [0.05, 0.1) is 20.6 Å². The van der Waals surface area contributed by atoms with Gasteiger partial charge in [-0.3, -0.25) is 13.9 Å². The maximum Gasteiger partial charge on any atom is 0.264 e. The van der Waals surface area contributed by atoms with Crippen LogP contribution in [0, 0.1) is 0 Å². The van der Waals surface area contributed by atoms with E-state index in [1.807, 2.05) is 6.92 Å². The van der Waals surface area contributed by atoms with Gasteiger partial charge in [0, 0.05) is 18.7 Å². The third kappa shape index (κ3) is 7.85. The number of hydrogen-bond acceptors (Lipinski definition) is 6. The first-order valence-electron chi connectivity index (χ1n) is 15.2. The van der Waals surface area contributed by atoms with Crippen LogP contribution in [0.1, 0.15) is 51.0 Å². The average molecular weight is 675 g/mol. The second-order valence-electron chi connectivity index (χ2n) is 11.2. The number of rotatable bonds is 11. The molecular formula is C33H37Cl2N3O6S. The van der Waals surface area contributed by atoms with E-state index in [-0.39, 0.29) is 29.1 Å². The lowest BCUT2D eigenvalue weighted by Gasteiger charge is -2.34. The van der Waals surface area contributed by atoms with Crippen molar-refractivity contribution in [3.8, 4) is 11.5 Å². The second-order valence-corrected chi connectivity index (χ2v) is 13.9. The number of amides is 2. The summed E-state index contributed by atoms with van der Waals surface area (Å²) in [5, 5.41) is 3.82. The third-order valence-corrected chi connectivity index (χ3v) is 10.6. The summed E-state index contributed by atoms with van der Waals surface area (Å²) in [4.78, 5) is 29.5. The minimum atomic E-state index is -4.22. The molecule has 3 aromatic carbocycles. The summed E-state index contributed by atoms with van der Waals surface area (Å²) >= 11 is 12.5. The van der Waals surface area contributed by atoms with Gasteiger partial charge in [0.15, 0.2) is 11.5 Å². The first-order chi connectivity index (χ1) is 21.7. The van der Waals surface area contributed by atoms with E-state index in [9.17, 15) is 18.0 Å². The molecule has 0 saturated heterocycles. The Morgan fingerprint density at radius 3 is 2.31 bits per heavy atom. The molecule has 2 amide bonds. The van der Waals surface area contributed by atoms with Crippen molar-refractivity contribution in [2.45, 2.75) is 69.0 Å². The van der Waals surface area contributed by atoms with E-state index in [0.29, 0.717) is 46.7 Å². The van der Waals surface area contributed by atoms with Gasteiger partial charge in [-0.05, 0) is 61.2 Å². The third-order valence-electron chi connectivity index (χ3n) is 8.10. The molecule has 1 saturated carbocycles. The lowest BCUT2D eigenvalue weighted by atomic mass is 9.95. The zero-order valence-electron chi connectivity index (χ0n) is 25.1. The number of carbonyl (C=O) groups excluding carboxylic acids is 2. The Kier molecular flexibility index (Phi) is 10.8. The lowest BCUT2D eigenvalue weighted by molar-refractivity contribution is -0.140. The summed E-state index contributed by atoms with van der Waals surface area (Å²) in [6.45, 7) is 1.98. The molecule has 1 aliphatic carbocycles. The first-order valence-corrected chi connectivity index (χ1v) is 17.4. The van der Waals surface area contributed by atoms with E-state index < -0.39 is 28.5 Å². The Labute approximate surface area is 274 Å². The highest BCUT2D eigenvalue weighted by atomic mass is 35.5. The van der Waals surface area contributed by atoms with Gasteiger partial charge in [-0.1, -0.05) is 73.7 Å². The molecule has 2 aliphatic rings. The molecule has 0 unspecified atom stereocenters. The van der Waals surface area contributed by atoms with E-state index in [0.717, 1.165) is 36.4 Å². The minimum absolute atomic E-state index is 0.0193. The van der Waals surface area contributed by atoms with E-state index >= 15 is 0 Å². The Morgan fingerprint density at radius 2 is 1.62 bits per heavy atom. The molecule has 5 rings (SSSR count). The number of sulfonamides is 1. The molecule has 0 aromatic heterocycles. The van der Waals surface area contributed by atoms with Gasteiger partial charge in [-0.2, -0.15) is 0 Å². The van der Waals surface area contributed by atoms with Crippen molar-refractivity contribution in [3.05, 3.63) is 82.3 Å². The zero-order chi connectivity index (χ0) is 32.0. The predicted molar refractivity (Wildman–Crippen MR) is 175 cm³/mol. The lowest BCUT2D eigenvalue weighted by Crippen LogP contribution is -2.54. The molecule has 0 bridgehead atoms. The van der Waals surface area contributed by atoms with Crippen LogP contribution in [0.2, 0.25) is 10.0 Å². The summed E-state index contributed by atoms with van der Waals surface area (Å²) in [6.07, 6.45) is 5.30. The Bertz CT molecular complexity index is 1620. The highest BCUT2D eigenvalue weighted by Gasteiger charge is 2.35. The molecule has 1 aliphatic heterocycles. The van der Waals surface area contributed by atoms with Crippen molar-refractivity contribution in [1.29, 1.82) is 0 Å². The molecule has 240 valence electrons. The average Bonchev–Trinajstić information content (AvgIpc) is 3.05. The van der Waals surface area contributed by atoms with Gasteiger partial charge in [-0.15, -0.1) is 0 Å². The van der Waals surface area contributed by atoms with Crippen molar-refractivity contribution in [2.24, 2.45) is 0 Å². The van der Waals surface area contributed by atoms with Crippen LogP contribution in [0.25, 0.3) is 0 Å². The second kappa shape index (κ2) is 14.7. The number of benzene rings is 3. The van der Waals surface area contributed by atoms with Crippen LogP contribution in [0.15, 0.2) is 71.6 Å². The first kappa shape index (κ1) is 32.9. The number of hydrogen-bond donors (Lipinski definition) is 1. The van der Waals surface area contributed by atoms with E-state index in [1.165, 1.54) is 17.0 Å². The van der Waals surface area contributed by atoms with Crippen molar-refractivity contribution < 1.29 is 27.5 Å². The molecule has 12 heteroatoms. The molecule has 1 heterocycles. The Morgan fingerprint density at radius 1 is 0.911 bits per heavy atom. The summed E-state index contributed by atoms with van der Waals surface area (Å²) < 4.78 is 40.6. The Balaban J connectivity index is 1.51. The smallest absolute Gasteiger partial charge is 0.264 e. The molecule has 0 spiro atoms. The normalized spacial score (nSPS) is 15.6. The number of nitrogens with zero attached hydrogens (tertiary/aromatic N) is 2. The van der Waals surface area contributed by atoms with Gasteiger partial charge >= 0.3 is 0 Å². The summed E-state index contributed by atoms with van der Waals surface area (Å²) in [6, 6.07) is 16.9. The number of carbonyl (C=O) groups is 2. The van der Waals surface area contributed by atoms with Crippen LogP contribution in [-0.4, -0.2) is 57.0 Å². The molecule has 1 atom stereocenters. The molecule has 1 fully saturated rings. The van der Waals surface area contributed by atoms with Gasteiger partial charge in [0.25, 0.3) is 10.0 Å². The van der Waals surface area contributed by atoms with E-state index in [4.69, 9.17) is 32.7 Å². The fourth-order valence-electron chi connectivity index (χ4n) is 5.73.